The first-order valence-electron chi connectivity index (χ1n) is 9.58. The van der Waals surface area contributed by atoms with Crippen LogP contribution in [0.2, 0.25) is 5.02 Å². The highest BCUT2D eigenvalue weighted by atomic mass is 35.5. The van der Waals surface area contributed by atoms with Crippen LogP contribution in [0.3, 0.4) is 0 Å². The lowest BCUT2D eigenvalue weighted by Gasteiger charge is -2.43. The molecule has 1 aliphatic heterocycles. The van der Waals surface area contributed by atoms with Crippen LogP contribution in [0.5, 0.6) is 0 Å². The molecule has 0 aliphatic carbocycles. The zero-order valence-corrected chi connectivity index (χ0v) is 17.5. The predicted octanol–water partition coefficient (Wildman–Crippen LogP) is 2.92. The smallest absolute Gasteiger partial charge is 0.257 e. The molecule has 0 bridgehead atoms. The molecule has 4 rings (SSSR count). The van der Waals surface area contributed by atoms with Gasteiger partial charge in [-0.25, -0.2) is 0 Å². The number of halogens is 1. The van der Waals surface area contributed by atoms with Crippen LogP contribution in [-0.2, 0) is 11.3 Å². The molecule has 0 unspecified atom stereocenters. The Morgan fingerprint density at radius 2 is 1.90 bits per heavy atom. The van der Waals surface area contributed by atoms with E-state index in [1.165, 1.54) is 0 Å². The van der Waals surface area contributed by atoms with Crippen LogP contribution in [0.1, 0.15) is 27.7 Å². The molecule has 0 saturated heterocycles. The first kappa shape index (κ1) is 20.0. The maximum atomic E-state index is 13.0. The number of likely N-dealkylation sites (N-methyl/N-ethyl adjacent to an activating group) is 1. The van der Waals surface area contributed by atoms with Crippen molar-refractivity contribution in [1.82, 2.24) is 20.0 Å². The van der Waals surface area contributed by atoms with Gasteiger partial charge in [-0.3, -0.25) is 14.3 Å². The van der Waals surface area contributed by atoms with Crippen LogP contribution in [0.15, 0.2) is 60.9 Å². The van der Waals surface area contributed by atoms with Gasteiger partial charge in [0.15, 0.2) is 0 Å². The number of fused-ring (bicyclic) bond motifs is 1. The van der Waals surface area contributed by atoms with Crippen LogP contribution in [0, 0.1) is 0 Å². The minimum Gasteiger partial charge on any atom is -0.358 e. The van der Waals surface area contributed by atoms with Gasteiger partial charge in [0.2, 0.25) is 5.91 Å². The number of rotatable bonds is 5. The largest absolute Gasteiger partial charge is 0.358 e. The molecule has 1 aliphatic rings. The lowest BCUT2D eigenvalue weighted by molar-refractivity contribution is -0.119. The average molecular weight is 424 g/mol. The van der Waals surface area contributed by atoms with Crippen LogP contribution < -0.4 is 10.2 Å². The molecule has 1 N–H and O–H groups in total. The van der Waals surface area contributed by atoms with E-state index < -0.39 is 6.17 Å². The Morgan fingerprint density at radius 1 is 1.17 bits per heavy atom. The number of hydrogen-bond donors (Lipinski definition) is 1. The van der Waals surface area contributed by atoms with E-state index in [-0.39, 0.29) is 18.4 Å². The summed E-state index contributed by atoms with van der Waals surface area (Å²) >= 11 is 6.28. The molecule has 0 fully saturated rings. The highest BCUT2D eigenvalue weighted by molar-refractivity contribution is 6.31. The van der Waals surface area contributed by atoms with Gasteiger partial charge in [-0.05, 0) is 23.8 Å². The van der Waals surface area contributed by atoms with Gasteiger partial charge in [-0.1, -0.05) is 41.9 Å². The first-order chi connectivity index (χ1) is 14.5. The maximum absolute atomic E-state index is 13.0. The predicted molar refractivity (Wildman–Crippen MR) is 115 cm³/mol. The fraction of sp³-hybridized carbons (Fsp3) is 0.227. The number of carbonyl (C=O) groups excluding carboxylic acids is 2. The summed E-state index contributed by atoms with van der Waals surface area (Å²) < 4.78 is 1.79. The molecular weight excluding hydrogens is 402 g/mol. The lowest BCUT2D eigenvalue weighted by Crippen LogP contribution is -2.50. The zero-order valence-electron chi connectivity index (χ0n) is 16.7. The molecule has 2 heterocycles. The minimum atomic E-state index is -0.454. The fourth-order valence-corrected chi connectivity index (χ4v) is 3.95. The molecule has 2 aromatic carbocycles. The number of anilines is 1. The minimum absolute atomic E-state index is 0.0948. The molecule has 30 heavy (non-hydrogen) atoms. The van der Waals surface area contributed by atoms with Gasteiger partial charge in [0.25, 0.3) is 5.91 Å². The molecular formula is C22H22ClN5O2. The number of aromatic nitrogens is 2. The Balaban J connectivity index is 1.71. The summed E-state index contributed by atoms with van der Waals surface area (Å²) in [5, 5.41) is 7.81. The fourth-order valence-electron chi connectivity index (χ4n) is 3.76. The molecule has 2 amide bonds. The quantitative estimate of drug-likeness (QED) is 0.685. The van der Waals surface area contributed by atoms with Gasteiger partial charge >= 0.3 is 0 Å². The highest BCUT2D eigenvalue weighted by Gasteiger charge is 2.37. The Hall–Kier alpha value is -3.32. The summed E-state index contributed by atoms with van der Waals surface area (Å²) in [6, 6.07) is 15.0. The number of hydrogen-bond acceptors (Lipinski definition) is 4. The third-order valence-electron chi connectivity index (χ3n) is 5.26. The number of amides is 2. The van der Waals surface area contributed by atoms with Crippen molar-refractivity contribution in [3.05, 3.63) is 82.6 Å². The van der Waals surface area contributed by atoms with Gasteiger partial charge in [-0.2, -0.15) is 5.10 Å². The number of nitrogens with zero attached hydrogens (tertiary/aromatic N) is 4. The van der Waals surface area contributed by atoms with E-state index in [9.17, 15) is 9.59 Å². The van der Waals surface area contributed by atoms with Gasteiger partial charge in [0.05, 0.1) is 30.5 Å². The van der Waals surface area contributed by atoms with E-state index in [0.717, 1.165) is 16.8 Å². The average Bonchev–Trinajstić information content (AvgIpc) is 3.21. The van der Waals surface area contributed by atoms with E-state index in [2.05, 4.69) is 10.4 Å². The monoisotopic (exact) mass is 423 g/mol. The van der Waals surface area contributed by atoms with Crippen molar-refractivity contribution in [3.8, 4) is 0 Å². The van der Waals surface area contributed by atoms with Crippen LogP contribution >= 0.6 is 11.6 Å². The summed E-state index contributed by atoms with van der Waals surface area (Å²) in [7, 11) is 3.34. The van der Waals surface area contributed by atoms with Crippen molar-refractivity contribution < 1.29 is 9.59 Å². The molecule has 3 aromatic rings. The molecule has 154 valence electrons. The van der Waals surface area contributed by atoms with E-state index in [0.29, 0.717) is 17.1 Å². The van der Waals surface area contributed by atoms with E-state index >= 15 is 0 Å². The Kier molecular flexibility index (Phi) is 5.46. The number of carbonyl (C=O) groups is 2. The van der Waals surface area contributed by atoms with Crippen LogP contribution in [0.25, 0.3) is 0 Å². The van der Waals surface area contributed by atoms with Gasteiger partial charge in [0.1, 0.15) is 6.17 Å². The van der Waals surface area contributed by atoms with Crippen molar-refractivity contribution in [1.29, 1.82) is 0 Å². The normalized spacial score (nSPS) is 15.8. The second kappa shape index (κ2) is 8.20. The molecule has 0 saturated carbocycles. The van der Waals surface area contributed by atoms with Gasteiger partial charge < -0.3 is 15.1 Å². The summed E-state index contributed by atoms with van der Waals surface area (Å²) in [6.07, 6.45) is 3.17. The number of nitrogens with one attached hydrogen (secondary N) is 1. The van der Waals surface area contributed by atoms with Crippen LogP contribution in [0.4, 0.5) is 5.69 Å². The Morgan fingerprint density at radius 3 is 2.67 bits per heavy atom. The molecule has 0 radical (unpaired) electrons. The van der Waals surface area contributed by atoms with Gasteiger partial charge in [-0.15, -0.1) is 0 Å². The lowest BCUT2D eigenvalue weighted by atomic mass is 10.0. The molecule has 8 heteroatoms. The third kappa shape index (κ3) is 3.64. The zero-order chi connectivity index (χ0) is 21.3. The van der Waals surface area contributed by atoms with Crippen molar-refractivity contribution >= 4 is 29.1 Å². The molecule has 7 nitrogen and oxygen atoms in total. The highest BCUT2D eigenvalue weighted by Crippen LogP contribution is 2.37. The topological polar surface area (TPSA) is 70.5 Å². The molecule has 1 aromatic heterocycles. The van der Waals surface area contributed by atoms with E-state index in [1.54, 1.807) is 35.9 Å². The second-order valence-electron chi connectivity index (χ2n) is 7.17. The SMILES string of the molecule is CNC(=O)CN1c2ccccc2C(=O)N(C)[C@H]1c1cnn(Cc2ccccc2Cl)c1. The summed E-state index contributed by atoms with van der Waals surface area (Å²) in [6.45, 7) is 0.627. The summed E-state index contributed by atoms with van der Waals surface area (Å²) in [5.74, 6) is -0.233. The molecule has 0 spiro atoms. The van der Waals surface area contributed by atoms with E-state index in [4.69, 9.17) is 11.6 Å². The third-order valence-corrected chi connectivity index (χ3v) is 5.63. The standard InChI is InChI=1S/C22H22ClN5O2/c1-24-20(29)14-28-19-10-6-4-8-17(19)22(30)26(2)21(28)16-11-25-27(13-16)12-15-7-3-5-9-18(15)23/h3-11,13,21H,12,14H2,1-2H3,(H,24,29)/t21-/m1/s1. The number of para-hydroxylation sites is 1. The summed E-state index contributed by atoms with van der Waals surface area (Å²) in [4.78, 5) is 28.8. The summed E-state index contributed by atoms with van der Waals surface area (Å²) in [5.41, 5.74) is 3.07. The van der Waals surface area contributed by atoms with Crippen molar-refractivity contribution in [2.75, 3.05) is 25.5 Å². The molecule has 1 atom stereocenters. The van der Waals surface area contributed by atoms with Crippen molar-refractivity contribution in [3.63, 3.8) is 0 Å². The Bertz CT molecular complexity index is 1100. The van der Waals surface area contributed by atoms with Crippen LogP contribution in [-0.4, -0.2) is 47.1 Å². The maximum Gasteiger partial charge on any atom is 0.257 e. The first-order valence-corrected chi connectivity index (χ1v) is 9.96. The van der Waals surface area contributed by atoms with Gasteiger partial charge in [0, 0.05) is 30.9 Å². The second-order valence-corrected chi connectivity index (χ2v) is 7.58. The Labute approximate surface area is 179 Å². The van der Waals surface area contributed by atoms with Crippen molar-refractivity contribution in [2.24, 2.45) is 0 Å². The van der Waals surface area contributed by atoms with E-state index in [1.807, 2.05) is 53.6 Å². The number of benzene rings is 2. The van der Waals surface area contributed by atoms with Crippen molar-refractivity contribution in [2.45, 2.75) is 12.7 Å².